The number of rotatable bonds is 2. The number of hydrogen-bond donors (Lipinski definition) is 0. The van der Waals surface area contributed by atoms with Crippen molar-refractivity contribution in [1.82, 2.24) is 9.78 Å². The summed E-state index contributed by atoms with van der Waals surface area (Å²) in [5, 5.41) is 3.79. The average Bonchev–Trinajstić information content (AvgIpc) is 2.68. The molecule has 0 aliphatic rings. The first-order valence-electron chi connectivity index (χ1n) is 4.58. The predicted octanol–water partition coefficient (Wildman–Crippen LogP) is 1.93. The predicted molar refractivity (Wildman–Crippen MR) is 53.0 cm³/mol. The van der Waals surface area contributed by atoms with Crippen LogP contribution in [0.3, 0.4) is 0 Å². The van der Waals surface area contributed by atoms with Gasteiger partial charge in [-0.05, 0) is 18.2 Å². The van der Waals surface area contributed by atoms with Crippen LogP contribution < -0.4 is 0 Å². The van der Waals surface area contributed by atoms with Crippen molar-refractivity contribution in [2.75, 3.05) is 0 Å². The summed E-state index contributed by atoms with van der Waals surface area (Å²) < 4.78 is 27.6. The minimum Gasteiger partial charge on any atom is -0.287 e. The molecule has 1 heterocycles. The molecule has 3 nitrogen and oxygen atoms in total. The van der Waals surface area contributed by atoms with Crippen LogP contribution in [-0.2, 0) is 7.05 Å². The second kappa shape index (κ2) is 3.84. The van der Waals surface area contributed by atoms with Gasteiger partial charge in [0.2, 0.25) is 5.78 Å². The van der Waals surface area contributed by atoms with E-state index in [-0.39, 0.29) is 11.3 Å². The van der Waals surface area contributed by atoms with Gasteiger partial charge < -0.3 is 0 Å². The molecule has 0 aliphatic heterocycles. The zero-order valence-electron chi connectivity index (χ0n) is 8.45. The molecular formula is C11H8F2N2O. The smallest absolute Gasteiger partial charge is 0.214 e. The van der Waals surface area contributed by atoms with E-state index >= 15 is 0 Å². The molecule has 0 amide bonds. The Morgan fingerprint density at radius 2 is 2.06 bits per heavy atom. The van der Waals surface area contributed by atoms with Gasteiger partial charge in [-0.3, -0.25) is 9.48 Å². The Balaban J connectivity index is 2.50. The second-order valence-electron chi connectivity index (χ2n) is 3.27. The van der Waals surface area contributed by atoms with E-state index in [4.69, 9.17) is 0 Å². The molecule has 0 spiro atoms. The maximum atomic E-state index is 13.4. The summed E-state index contributed by atoms with van der Waals surface area (Å²) in [4.78, 5) is 11.8. The maximum Gasteiger partial charge on any atom is 0.214 e. The van der Waals surface area contributed by atoms with Crippen LogP contribution in [0.25, 0.3) is 0 Å². The van der Waals surface area contributed by atoms with E-state index in [1.54, 1.807) is 7.05 Å². The van der Waals surface area contributed by atoms with Crippen molar-refractivity contribution in [3.05, 3.63) is 53.4 Å². The standard InChI is InChI=1S/C11H8F2N2O/c1-15-9(5-6-14-15)11(16)7-3-2-4-8(12)10(7)13/h2-6H,1H3. The summed E-state index contributed by atoms with van der Waals surface area (Å²) in [7, 11) is 1.56. The van der Waals surface area contributed by atoms with Crippen LogP contribution >= 0.6 is 0 Å². The van der Waals surface area contributed by atoms with Crippen molar-refractivity contribution < 1.29 is 13.6 Å². The molecule has 1 aromatic heterocycles. The largest absolute Gasteiger partial charge is 0.287 e. The van der Waals surface area contributed by atoms with Crippen LogP contribution in [0, 0.1) is 11.6 Å². The molecule has 0 saturated carbocycles. The lowest BCUT2D eigenvalue weighted by atomic mass is 10.1. The molecule has 0 bridgehead atoms. The Kier molecular flexibility index (Phi) is 2.52. The summed E-state index contributed by atoms with van der Waals surface area (Å²) >= 11 is 0. The Morgan fingerprint density at radius 1 is 1.31 bits per heavy atom. The Morgan fingerprint density at radius 3 is 2.69 bits per heavy atom. The number of carbonyl (C=O) groups is 1. The van der Waals surface area contributed by atoms with E-state index in [1.165, 1.54) is 29.1 Å². The molecule has 0 unspecified atom stereocenters. The lowest BCUT2D eigenvalue weighted by molar-refractivity contribution is 0.102. The third-order valence-corrected chi connectivity index (χ3v) is 2.25. The van der Waals surface area contributed by atoms with Gasteiger partial charge >= 0.3 is 0 Å². The van der Waals surface area contributed by atoms with Gasteiger partial charge in [0, 0.05) is 13.2 Å². The lowest BCUT2D eigenvalue weighted by Crippen LogP contribution is -2.10. The molecule has 0 atom stereocenters. The van der Waals surface area contributed by atoms with Gasteiger partial charge in [0.05, 0.1) is 5.56 Å². The average molecular weight is 222 g/mol. The highest BCUT2D eigenvalue weighted by Crippen LogP contribution is 2.15. The quantitative estimate of drug-likeness (QED) is 0.728. The maximum absolute atomic E-state index is 13.4. The van der Waals surface area contributed by atoms with Gasteiger partial charge in [-0.25, -0.2) is 8.78 Å². The molecule has 0 radical (unpaired) electrons. The number of ketones is 1. The van der Waals surface area contributed by atoms with E-state index < -0.39 is 17.4 Å². The fourth-order valence-electron chi connectivity index (χ4n) is 1.41. The zero-order chi connectivity index (χ0) is 11.7. The van der Waals surface area contributed by atoms with Crippen LogP contribution in [0.4, 0.5) is 8.78 Å². The fraction of sp³-hybridized carbons (Fsp3) is 0.0909. The number of halogens is 2. The number of benzene rings is 1. The monoisotopic (exact) mass is 222 g/mol. The molecule has 0 saturated heterocycles. The van der Waals surface area contributed by atoms with Crippen LogP contribution in [0.15, 0.2) is 30.5 Å². The molecule has 0 aliphatic carbocycles. The van der Waals surface area contributed by atoms with Crippen molar-refractivity contribution in [3.63, 3.8) is 0 Å². The number of hydrogen-bond acceptors (Lipinski definition) is 2. The second-order valence-corrected chi connectivity index (χ2v) is 3.27. The van der Waals surface area contributed by atoms with Crippen molar-refractivity contribution in [2.45, 2.75) is 0 Å². The van der Waals surface area contributed by atoms with Gasteiger partial charge in [-0.1, -0.05) is 6.07 Å². The fourth-order valence-corrected chi connectivity index (χ4v) is 1.41. The van der Waals surface area contributed by atoms with Crippen LogP contribution in [0.2, 0.25) is 0 Å². The Labute approximate surface area is 90.3 Å². The minimum atomic E-state index is -1.13. The number of aryl methyl sites for hydroxylation is 1. The van der Waals surface area contributed by atoms with E-state index in [0.717, 1.165) is 6.07 Å². The highest BCUT2D eigenvalue weighted by Gasteiger charge is 2.18. The third-order valence-electron chi connectivity index (χ3n) is 2.25. The molecule has 1 aromatic carbocycles. The SMILES string of the molecule is Cn1nccc1C(=O)c1cccc(F)c1F. The highest BCUT2D eigenvalue weighted by molar-refractivity contribution is 6.08. The van der Waals surface area contributed by atoms with Gasteiger partial charge in [-0.15, -0.1) is 0 Å². The Bertz CT molecular complexity index is 549. The summed E-state index contributed by atoms with van der Waals surface area (Å²) in [5.41, 5.74) is -0.0758. The highest BCUT2D eigenvalue weighted by atomic mass is 19.2. The number of nitrogens with zero attached hydrogens (tertiary/aromatic N) is 2. The van der Waals surface area contributed by atoms with Crippen LogP contribution in [-0.4, -0.2) is 15.6 Å². The first-order valence-corrected chi connectivity index (χ1v) is 4.58. The molecule has 2 rings (SSSR count). The van der Waals surface area contributed by atoms with E-state index in [2.05, 4.69) is 5.10 Å². The van der Waals surface area contributed by atoms with Gasteiger partial charge in [0.25, 0.3) is 0 Å². The molecule has 82 valence electrons. The molecule has 0 N–H and O–H groups in total. The molecule has 5 heteroatoms. The third kappa shape index (κ3) is 1.60. The van der Waals surface area contributed by atoms with Crippen molar-refractivity contribution >= 4 is 5.78 Å². The summed E-state index contributed by atoms with van der Waals surface area (Å²) in [6.07, 6.45) is 1.42. The van der Waals surface area contributed by atoms with E-state index in [9.17, 15) is 13.6 Å². The summed E-state index contributed by atoms with van der Waals surface area (Å²) in [6, 6.07) is 4.96. The summed E-state index contributed by atoms with van der Waals surface area (Å²) in [6.45, 7) is 0. The van der Waals surface area contributed by atoms with Gasteiger partial charge in [0.1, 0.15) is 5.69 Å². The van der Waals surface area contributed by atoms with Crippen LogP contribution in [0.1, 0.15) is 16.1 Å². The van der Waals surface area contributed by atoms with E-state index in [0.29, 0.717) is 0 Å². The van der Waals surface area contributed by atoms with Gasteiger partial charge in [0.15, 0.2) is 11.6 Å². The molecule has 2 aromatic rings. The van der Waals surface area contributed by atoms with Crippen molar-refractivity contribution in [2.24, 2.45) is 7.05 Å². The van der Waals surface area contributed by atoms with Crippen molar-refractivity contribution in [3.8, 4) is 0 Å². The van der Waals surface area contributed by atoms with Gasteiger partial charge in [-0.2, -0.15) is 5.10 Å². The molecular weight excluding hydrogens is 214 g/mol. The van der Waals surface area contributed by atoms with Crippen molar-refractivity contribution in [1.29, 1.82) is 0 Å². The minimum absolute atomic E-state index is 0.213. The zero-order valence-corrected chi connectivity index (χ0v) is 8.45. The number of aromatic nitrogens is 2. The first-order chi connectivity index (χ1) is 7.61. The number of carbonyl (C=O) groups excluding carboxylic acids is 1. The van der Waals surface area contributed by atoms with Crippen LogP contribution in [0.5, 0.6) is 0 Å². The molecule has 0 fully saturated rings. The normalized spacial score (nSPS) is 10.4. The first kappa shape index (κ1) is 10.5. The summed E-state index contributed by atoms with van der Waals surface area (Å²) in [5.74, 6) is -2.75. The topological polar surface area (TPSA) is 34.9 Å². The molecule has 16 heavy (non-hydrogen) atoms. The van der Waals surface area contributed by atoms with E-state index in [1.807, 2.05) is 0 Å². The lowest BCUT2D eigenvalue weighted by Gasteiger charge is -2.03. The Hall–Kier alpha value is -2.04.